The first-order valence-corrected chi connectivity index (χ1v) is 11.2. The molecule has 7 nitrogen and oxygen atoms in total. The third-order valence-electron chi connectivity index (χ3n) is 6.40. The zero-order chi connectivity index (χ0) is 25.2. The number of anilines is 1. The molecule has 11 heteroatoms. The molecule has 1 unspecified atom stereocenters. The van der Waals surface area contributed by atoms with Crippen molar-refractivity contribution in [2.75, 3.05) is 25.5 Å². The summed E-state index contributed by atoms with van der Waals surface area (Å²) in [6, 6.07) is 2.81. The van der Waals surface area contributed by atoms with Gasteiger partial charge in [0, 0.05) is 0 Å². The molecule has 0 aromatic heterocycles. The quantitative estimate of drug-likeness (QED) is 0.390. The van der Waals surface area contributed by atoms with Crippen molar-refractivity contribution < 1.29 is 36.7 Å². The van der Waals surface area contributed by atoms with Crippen molar-refractivity contribution in [3.8, 4) is 0 Å². The fourth-order valence-corrected chi connectivity index (χ4v) is 4.29. The number of halogens is 4. The summed E-state index contributed by atoms with van der Waals surface area (Å²) in [7, 11) is 0.994. The standard InChI is InChI=1S/C23H29F4N3O4/c1-12(22(33)30(10-18(31)34-2)11-23(25,26)27)15-7-8-17(16(24)9-15)29-21(32)20(28)19(13-3-4-13)14-5-6-14/h7-9,12-14,19-20H,3-6,10-11,28H2,1-2H3,(H,29,32)/t12?,20-/m0/s1. The topological polar surface area (TPSA) is 102 Å². The van der Waals surface area contributed by atoms with Crippen LogP contribution in [0.25, 0.3) is 0 Å². The van der Waals surface area contributed by atoms with Gasteiger partial charge in [0.2, 0.25) is 11.8 Å². The van der Waals surface area contributed by atoms with Crippen LogP contribution in [-0.2, 0) is 19.1 Å². The lowest BCUT2D eigenvalue weighted by Crippen LogP contribution is -2.44. The van der Waals surface area contributed by atoms with E-state index in [0.717, 1.165) is 38.9 Å². The van der Waals surface area contributed by atoms with Crippen LogP contribution in [0.1, 0.15) is 44.1 Å². The fraction of sp³-hybridized carbons (Fsp3) is 0.609. The summed E-state index contributed by atoms with van der Waals surface area (Å²) in [6.07, 6.45) is -0.575. The Hall–Kier alpha value is -2.69. The van der Waals surface area contributed by atoms with E-state index in [1.165, 1.54) is 19.1 Å². The minimum absolute atomic E-state index is 0.0782. The van der Waals surface area contributed by atoms with Gasteiger partial charge in [0.25, 0.3) is 0 Å². The summed E-state index contributed by atoms with van der Waals surface area (Å²) in [5.41, 5.74) is 6.14. The number of hydrogen-bond donors (Lipinski definition) is 2. The number of carbonyl (C=O) groups is 3. The number of ether oxygens (including phenoxy) is 1. The number of nitrogens with zero attached hydrogens (tertiary/aromatic N) is 1. The Morgan fingerprint density at radius 2 is 1.76 bits per heavy atom. The summed E-state index contributed by atoms with van der Waals surface area (Å²) in [4.78, 5) is 37.1. The molecule has 0 heterocycles. The minimum Gasteiger partial charge on any atom is -0.468 e. The second kappa shape index (κ2) is 10.3. The first-order valence-electron chi connectivity index (χ1n) is 11.2. The number of alkyl halides is 3. The van der Waals surface area contributed by atoms with Gasteiger partial charge >= 0.3 is 12.1 Å². The maximum atomic E-state index is 14.7. The van der Waals surface area contributed by atoms with E-state index in [0.29, 0.717) is 16.7 Å². The molecular formula is C23H29F4N3O4. The number of methoxy groups -OCH3 is 1. The molecule has 188 valence electrons. The van der Waals surface area contributed by atoms with E-state index in [9.17, 15) is 31.9 Å². The maximum absolute atomic E-state index is 14.7. The Labute approximate surface area is 195 Å². The van der Waals surface area contributed by atoms with Crippen LogP contribution in [0, 0.1) is 23.6 Å². The lowest BCUT2D eigenvalue weighted by atomic mass is 9.89. The molecule has 0 aliphatic heterocycles. The van der Waals surface area contributed by atoms with Crippen molar-refractivity contribution in [1.29, 1.82) is 0 Å². The van der Waals surface area contributed by atoms with Crippen LogP contribution in [0.3, 0.4) is 0 Å². The molecule has 3 rings (SSSR count). The number of rotatable bonds is 10. The number of carbonyl (C=O) groups excluding carboxylic acids is 3. The number of esters is 1. The van der Waals surface area contributed by atoms with Crippen molar-refractivity contribution in [1.82, 2.24) is 4.90 Å². The molecule has 34 heavy (non-hydrogen) atoms. The Morgan fingerprint density at radius 1 is 1.18 bits per heavy atom. The monoisotopic (exact) mass is 487 g/mol. The van der Waals surface area contributed by atoms with Crippen molar-refractivity contribution in [3.05, 3.63) is 29.6 Å². The fourth-order valence-electron chi connectivity index (χ4n) is 4.29. The van der Waals surface area contributed by atoms with Crippen molar-refractivity contribution in [2.45, 2.75) is 50.7 Å². The Kier molecular flexibility index (Phi) is 7.84. The summed E-state index contributed by atoms with van der Waals surface area (Å²) >= 11 is 0. The number of nitrogens with two attached hydrogens (primary N) is 1. The van der Waals surface area contributed by atoms with Crippen LogP contribution in [-0.4, -0.2) is 55.1 Å². The van der Waals surface area contributed by atoms with Gasteiger partial charge in [-0.3, -0.25) is 14.4 Å². The Morgan fingerprint density at radius 3 is 2.24 bits per heavy atom. The second-order valence-corrected chi connectivity index (χ2v) is 9.11. The van der Waals surface area contributed by atoms with E-state index >= 15 is 0 Å². The first-order chi connectivity index (χ1) is 15.9. The average Bonchev–Trinajstić information content (AvgIpc) is 3.68. The van der Waals surface area contributed by atoms with Crippen molar-refractivity contribution in [2.24, 2.45) is 23.5 Å². The van der Waals surface area contributed by atoms with E-state index in [1.807, 2.05) is 0 Å². The number of benzene rings is 1. The maximum Gasteiger partial charge on any atom is 0.406 e. The third kappa shape index (κ3) is 6.68. The summed E-state index contributed by atoms with van der Waals surface area (Å²) in [5, 5.41) is 2.49. The molecule has 0 spiro atoms. The van der Waals surface area contributed by atoms with Gasteiger partial charge in [-0.05, 0) is 68.1 Å². The molecular weight excluding hydrogens is 458 g/mol. The van der Waals surface area contributed by atoms with Gasteiger partial charge in [0.1, 0.15) is 18.9 Å². The lowest BCUT2D eigenvalue weighted by Gasteiger charge is -2.26. The molecule has 2 amide bonds. The highest BCUT2D eigenvalue weighted by atomic mass is 19.4. The molecule has 3 N–H and O–H groups in total. The Bertz CT molecular complexity index is 919. The van der Waals surface area contributed by atoms with Crippen molar-refractivity contribution in [3.63, 3.8) is 0 Å². The van der Waals surface area contributed by atoms with Crippen LogP contribution >= 0.6 is 0 Å². The van der Waals surface area contributed by atoms with E-state index in [2.05, 4.69) is 10.1 Å². The molecule has 0 bridgehead atoms. The molecule has 0 radical (unpaired) electrons. The zero-order valence-corrected chi connectivity index (χ0v) is 19.0. The highest BCUT2D eigenvalue weighted by Gasteiger charge is 2.46. The highest BCUT2D eigenvalue weighted by Crippen LogP contribution is 2.50. The van der Waals surface area contributed by atoms with Crippen LogP contribution in [0.4, 0.5) is 23.2 Å². The zero-order valence-electron chi connectivity index (χ0n) is 19.0. The second-order valence-electron chi connectivity index (χ2n) is 9.11. The molecule has 2 aliphatic carbocycles. The van der Waals surface area contributed by atoms with Gasteiger partial charge in [0.15, 0.2) is 0 Å². The minimum atomic E-state index is -4.74. The highest BCUT2D eigenvalue weighted by molar-refractivity contribution is 5.95. The molecule has 2 atom stereocenters. The van der Waals surface area contributed by atoms with E-state index in [4.69, 9.17) is 5.73 Å². The average molecular weight is 487 g/mol. The summed E-state index contributed by atoms with van der Waals surface area (Å²) < 4.78 is 57.8. The normalized spacial score (nSPS) is 17.8. The van der Waals surface area contributed by atoms with Gasteiger partial charge in [-0.2, -0.15) is 13.2 Å². The van der Waals surface area contributed by atoms with Crippen molar-refractivity contribution >= 4 is 23.5 Å². The molecule has 1 aromatic rings. The van der Waals surface area contributed by atoms with Gasteiger partial charge in [-0.1, -0.05) is 6.07 Å². The van der Waals surface area contributed by atoms with Gasteiger partial charge in [0.05, 0.1) is 24.8 Å². The Balaban J connectivity index is 1.69. The van der Waals surface area contributed by atoms with Crippen LogP contribution in [0.5, 0.6) is 0 Å². The smallest absolute Gasteiger partial charge is 0.406 e. The van der Waals surface area contributed by atoms with Gasteiger partial charge in [-0.25, -0.2) is 4.39 Å². The molecule has 2 fully saturated rings. The van der Waals surface area contributed by atoms with E-state index in [-0.39, 0.29) is 17.2 Å². The van der Waals surface area contributed by atoms with Crippen LogP contribution < -0.4 is 11.1 Å². The van der Waals surface area contributed by atoms with Crippen LogP contribution in [0.2, 0.25) is 0 Å². The summed E-state index contributed by atoms with van der Waals surface area (Å²) in [6.45, 7) is -1.23. The predicted octanol–water partition coefficient (Wildman–Crippen LogP) is 3.20. The SMILES string of the molecule is COC(=O)CN(CC(F)(F)F)C(=O)C(C)c1ccc(NC(=O)[C@@H](N)C(C2CC2)C2CC2)c(F)c1. The van der Waals surface area contributed by atoms with E-state index < -0.39 is 54.8 Å². The lowest BCUT2D eigenvalue weighted by molar-refractivity contribution is -0.167. The summed E-state index contributed by atoms with van der Waals surface area (Å²) in [5.74, 6) is -3.61. The van der Waals surface area contributed by atoms with Crippen LogP contribution in [0.15, 0.2) is 18.2 Å². The molecule has 0 saturated heterocycles. The first kappa shape index (κ1) is 25.9. The third-order valence-corrected chi connectivity index (χ3v) is 6.40. The van der Waals surface area contributed by atoms with E-state index in [1.54, 1.807) is 0 Å². The number of amides is 2. The van der Waals surface area contributed by atoms with Gasteiger partial charge < -0.3 is 20.7 Å². The van der Waals surface area contributed by atoms with Gasteiger partial charge in [-0.15, -0.1) is 0 Å². The largest absolute Gasteiger partial charge is 0.468 e. The molecule has 2 saturated carbocycles. The molecule has 2 aliphatic rings. The molecule has 1 aromatic carbocycles. The number of hydrogen-bond acceptors (Lipinski definition) is 5. The predicted molar refractivity (Wildman–Crippen MR) is 115 cm³/mol. The number of nitrogens with one attached hydrogen (secondary N) is 1.